The van der Waals surface area contributed by atoms with E-state index in [1.807, 2.05) is 0 Å². The number of nitrogens with one attached hydrogen (secondary N) is 3. The summed E-state index contributed by atoms with van der Waals surface area (Å²) in [7, 11) is 0. The Morgan fingerprint density at radius 3 is 1.86 bits per heavy atom. The first-order valence-corrected chi connectivity index (χ1v) is 9.69. The molecule has 3 amide bonds. The number of carboxylic acids is 1. The molecule has 0 heterocycles. The number of hydrogen-bond donors (Lipinski definition) is 7. The Morgan fingerprint density at radius 2 is 1.41 bits per heavy atom. The van der Waals surface area contributed by atoms with Gasteiger partial charge in [0.1, 0.15) is 12.1 Å². The van der Waals surface area contributed by atoms with Gasteiger partial charge in [-0.1, -0.05) is 20.3 Å². The highest BCUT2D eigenvalue weighted by atomic mass is 16.4. The lowest BCUT2D eigenvalue weighted by Crippen LogP contribution is -2.59. The van der Waals surface area contributed by atoms with Gasteiger partial charge in [0.05, 0.1) is 12.1 Å². The Morgan fingerprint density at radius 1 is 0.862 bits per heavy atom. The van der Waals surface area contributed by atoms with E-state index in [4.69, 9.17) is 16.6 Å². The zero-order valence-electron chi connectivity index (χ0n) is 17.5. The van der Waals surface area contributed by atoms with Crippen LogP contribution in [0.4, 0.5) is 0 Å². The monoisotopic (exact) mass is 417 g/mol. The van der Waals surface area contributed by atoms with Crippen molar-refractivity contribution in [3.05, 3.63) is 0 Å². The molecule has 11 nitrogen and oxygen atoms in total. The summed E-state index contributed by atoms with van der Waals surface area (Å²) in [5.74, 6) is -3.63. The minimum atomic E-state index is -1.51. The molecule has 0 aromatic heterocycles. The number of amides is 3. The summed E-state index contributed by atoms with van der Waals surface area (Å²) < 4.78 is 0. The van der Waals surface area contributed by atoms with Crippen molar-refractivity contribution in [2.75, 3.05) is 6.54 Å². The number of aliphatic hydroxyl groups excluding tert-OH is 1. The van der Waals surface area contributed by atoms with E-state index >= 15 is 0 Å². The van der Waals surface area contributed by atoms with Gasteiger partial charge in [0.2, 0.25) is 17.7 Å². The molecule has 0 aromatic carbocycles. The van der Waals surface area contributed by atoms with Gasteiger partial charge < -0.3 is 37.6 Å². The molecule has 0 saturated heterocycles. The summed E-state index contributed by atoms with van der Waals surface area (Å²) in [5.41, 5.74) is 11.2. The summed E-state index contributed by atoms with van der Waals surface area (Å²) in [6, 6.07) is -4.29. The van der Waals surface area contributed by atoms with Gasteiger partial charge in [0.25, 0.3) is 0 Å². The highest BCUT2D eigenvalue weighted by Gasteiger charge is 2.32. The highest BCUT2D eigenvalue weighted by Crippen LogP contribution is 2.05. The predicted molar refractivity (Wildman–Crippen MR) is 107 cm³/mol. The molecule has 0 aromatic rings. The third-order valence-corrected chi connectivity index (χ3v) is 4.35. The fraction of sp³-hybridized carbons (Fsp3) is 0.778. The van der Waals surface area contributed by atoms with Crippen molar-refractivity contribution in [1.29, 1.82) is 0 Å². The third-order valence-electron chi connectivity index (χ3n) is 4.35. The zero-order chi connectivity index (χ0) is 22.7. The zero-order valence-corrected chi connectivity index (χ0v) is 17.5. The molecule has 0 spiro atoms. The van der Waals surface area contributed by atoms with Crippen LogP contribution in [0, 0.1) is 5.92 Å². The molecule has 0 aliphatic rings. The molecule has 0 bridgehead atoms. The van der Waals surface area contributed by atoms with Crippen molar-refractivity contribution in [2.45, 2.75) is 77.2 Å². The molecule has 0 aliphatic carbocycles. The Kier molecular flexibility index (Phi) is 12.1. The van der Waals surface area contributed by atoms with Crippen molar-refractivity contribution < 1.29 is 29.4 Å². The molecule has 0 aliphatic heterocycles. The van der Waals surface area contributed by atoms with Crippen LogP contribution in [-0.2, 0) is 19.2 Å². The number of rotatable bonds is 13. The van der Waals surface area contributed by atoms with E-state index in [0.29, 0.717) is 19.4 Å². The lowest BCUT2D eigenvalue weighted by molar-refractivity contribution is -0.145. The lowest BCUT2D eigenvalue weighted by atomic mass is 10.0. The first-order valence-electron chi connectivity index (χ1n) is 9.69. The van der Waals surface area contributed by atoms with E-state index in [9.17, 15) is 24.3 Å². The minimum absolute atomic E-state index is 0.371. The van der Waals surface area contributed by atoms with E-state index in [2.05, 4.69) is 16.0 Å². The molecule has 0 radical (unpaired) electrons. The Balaban J connectivity index is 4.89. The van der Waals surface area contributed by atoms with Crippen molar-refractivity contribution in [3.8, 4) is 0 Å². The van der Waals surface area contributed by atoms with Gasteiger partial charge in [-0.05, 0) is 39.2 Å². The van der Waals surface area contributed by atoms with Crippen molar-refractivity contribution in [1.82, 2.24) is 16.0 Å². The van der Waals surface area contributed by atoms with Gasteiger partial charge in [-0.3, -0.25) is 14.4 Å². The molecule has 29 heavy (non-hydrogen) atoms. The molecular weight excluding hydrogens is 382 g/mol. The largest absolute Gasteiger partial charge is 0.480 e. The fourth-order valence-electron chi connectivity index (χ4n) is 2.47. The van der Waals surface area contributed by atoms with Crippen LogP contribution in [0.2, 0.25) is 0 Å². The number of carbonyl (C=O) groups is 4. The average molecular weight is 418 g/mol. The lowest BCUT2D eigenvalue weighted by Gasteiger charge is -2.26. The van der Waals surface area contributed by atoms with Gasteiger partial charge >= 0.3 is 5.97 Å². The first-order chi connectivity index (χ1) is 13.4. The topological polar surface area (TPSA) is 197 Å². The standard InChI is InChI=1S/C18H35N5O6/c1-9(2)13(17(27)23-14(11(4)24)18(28)29)22-15(25)10(3)21-16(26)12(20)7-5-6-8-19/h9-14,24H,5-8,19-20H2,1-4H3,(H,21,26)(H,22,25)(H,23,27)(H,28,29)/t10-,11+,12-,13-,14-/m0/s1. The first kappa shape index (κ1) is 26.8. The van der Waals surface area contributed by atoms with Gasteiger partial charge in [0, 0.05) is 0 Å². The van der Waals surface area contributed by atoms with Crippen molar-refractivity contribution >= 4 is 23.7 Å². The molecule has 0 saturated carbocycles. The Bertz CT molecular complexity index is 569. The van der Waals surface area contributed by atoms with Gasteiger partial charge in [-0.25, -0.2) is 4.79 Å². The SMILES string of the molecule is CC(C)[C@H](NC(=O)[C@H](C)NC(=O)[C@@H](N)CCCCN)C(=O)N[C@H](C(=O)O)[C@@H](C)O. The number of carbonyl (C=O) groups excluding carboxylic acids is 3. The summed E-state index contributed by atoms with van der Waals surface area (Å²) in [4.78, 5) is 48.1. The van der Waals surface area contributed by atoms with Gasteiger partial charge in [-0.15, -0.1) is 0 Å². The van der Waals surface area contributed by atoms with Crippen LogP contribution in [0.5, 0.6) is 0 Å². The van der Waals surface area contributed by atoms with E-state index in [1.54, 1.807) is 13.8 Å². The fourth-order valence-corrected chi connectivity index (χ4v) is 2.47. The number of unbranched alkanes of at least 4 members (excludes halogenated alkanes) is 1. The second-order valence-corrected chi connectivity index (χ2v) is 7.42. The smallest absolute Gasteiger partial charge is 0.328 e. The average Bonchev–Trinajstić information content (AvgIpc) is 2.62. The molecule has 0 unspecified atom stereocenters. The second-order valence-electron chi connectivity index (χ2n) is 7.42. The van der Waals surface area contributed by atoms with Crippen LogP contribution < -0.4 is 27.4 Å². The maximum atomic E-state index is 12.4. The van der Waals surface area contributed by atoms with E-state index < -0.39 is 54.0 Å². The van der Waals surface area contributed by atoms with Crippen molar-refractivity contribution in [3.63, 3.8) is 0 Å². The van der Waals surface area contributed by atoms with Crippen molar-refractivity contribution in [2.24, 2.45) is 17.4 Å². The third kappa shape index (κ3) is 9.68. The van der Waals surface area contributed by atoms with Gasteiger partial charge in [-0.2, -0.15) is 0 Å². The molecule has 0 rings (SSSR count). The van der Waals surface area contributed by atoms with E-state index in [-0.39, 0.29) is 5.92 Å². The van der Waals surface area contributed by atoms with E-state index in [0.717, 1.165) is 6.42 Å². The molecule has 9 N–H and O–H groups in total. The van der Waals surface area contributed by atoms with Crippen LogP contribution in [0.25, 0.3) is 0 Å². The predicted octanol–water partition coefficient (Wildman–Crippen LogP) is -1.96. The van der Waals surface area contributed by atoms with Crippen LogP contribution >= 0.6 is 0 Å². The van der Waals surface area contributed by atoms with Crippen LogP contribution in [0.15, 0.2) is 0 Å². The number of hydrogen-bond acceptors (Lipinski definition) is 7. The summed E-state index contributed by atoms with van der Waals surface area (Å²) >= 11 is 0. The summed E-state index contributed by atoms with van der Waals surface area (Å²) in [5, 5.41) is 25.8. The number of nitrogens with two attached hydrogens (primary N) is 2. The Labute approximate surface area is 171 Å². The second kappa shape index (κ2) is 13.1. The maximum absolute atomic E-state index is 12.4. The number of aliphatic hydroxyl groups is 1. The molecule has 0 fully saturated rings. The van der Waals surface area contributed by atoms with E-state index in [1.165, 1.54) is 13.8 Å². The number of carboxylic acid groups (broad SMARTS) is 1. The van der Waals surface area contributed by atoms with Gasteiger partial charge in [0.15, 0.2) is 6.04 Å². The highest BCUT2D eigenvalue weighted by molar-refractivity contribution is 5.94. The maximum Gasteiger partial charge on any atom is 0.328 e. The quantitative estimate of drug-likeness (QED) is 0.168. The molecule has 168 valence electrons. The number of aliphatic carboxylic acids is 1. The normalized spacial score (nSPS) is 16.3. The van der Waals surface area contributed by atoms with Crippen LogP contribution in [0.1, 0.15) is 47.0 Å². The summed E-state index contributed by atoms with van der Waals surface area (Å²) in [6.07, 6.45) is 0.546. The molecular formula is C18H35N5O6. The molecule has 11 heteroatoms. The Hall–Kier alpha value is -2.24. The minimum Gasteiger partial charge on any atom is -0.480 e. The van der Waals surface area contributed by atoms with Crippen LogP contribution in [0.3, 0.4) is 0 Å². The van der Waals surface area contributed by atoms with Crippen LogP contribution in [-0.4, -0.2) is 70.7 Å². The summed E-state index contributed by atoms with van der Waals surface area (Å²) in [6.45, 7) is 6.52. The molecule has 5 atom stereocenters.